The van der Waals surface area contributed by atoms with Crippen LogP contribution in [0.25, 0.3) is 22.4 Å². The van der Waals surface area contributed by atoms with Gasteiger partial charge in [0.25, 0.3) is 11.5 Å². The van der Waals surface area contributed by atoms with Gasteiger partial charge in [-0.15, -0.1) is 0 Å². The van der Waals surface area contributed by atoms with Crippen LogP contribution in [-0.4, -0.2) is 81.2 Å². The van der Waals surface area contributed by atoms with E-state index in [1.165, 1.54) is 18.3 Å². The van der Waals surface area contributed by atoms with Gasteiger partial charge in [0.15, 0.2) is 0 Å². The Kier molecular flexibility index (Phi) is 7.65. The fourth-order valence-corrected chi connectivity index (χ4v) is 5.86. The van der Waals surface area contributed by atoms with Crippen molar-refractivity contribution in [3.8, 4) is 17.1 Å². The minimum Gasteiger partial charge on any atom is -0.489 e. The van der Waals surface area contributed by atoms with Gasteiger partial charge in [-0.25, -0.2) is 9.37 Å². The van der Waals surface area contributed by atoms with Crippen LogP contribution in [0.4, 0.5) is 10.1 Å². The number of rotatable bonds is 8. The number of hydrogen-bond donors (Lipinski definition) is 4. The van der Waals surface area contributed by atoms with E-state index in [-0.39, 0.29) is 47.0 Å². The molecule has 6 rings (SSSR count). The van der Waals surface area contributed by atoms with E-state index in [0.29, 0.717) is 34.7 Å². The summed E-state index contributed by atoms with van der Waals surface area (Å²) in [5.74, 6) is 0.0251. The molecule has 220 valence electrons. The van der Waals surface area contributed by atoms with Crippen molar-refractivity contribution in [3.05, 3.63) is 74.4 Å². The normalized spacial score (nSPS) is 16.7. The zero-order valence-corrected chi connectivity index (χ0v) is 24.1. The van der Waals surface area contributed by atoms with E-state index in [9.17, 15) is 19.1 Å². The Hall–Kier alpha value is -3.93. The van der Waals surface area contributed by atoms with Crippen LogP contribution in [0.5, 0.6) is 5.75 Å². The second kappa shape index (κ2) is 11.4. The van der Waals surface area contributed by atoms with E-state index in [0.717, 1.165) is 37.0 Å². The number of amides is 1. The van der Waals surface area contributed by atoms with Gasteiger partial charge in [0, 0.05) is 37.0 Å². The second-order valence-electron chi connectivity index (χ2n) is 11.1. The first-order chi connectivity index (χ1) is 20.2. The monoisotopic (exact) mass is 594 g/mol. The highest BCUT2D eigenvalue weighted by atomic mass is 35.5. The zero-order chi connectivity index (χ0) is 29.5. The number of halogens is 2. The molecule has 0 aliphatic carbocycles. The Morgan fingerprint density at radius 2 is 2.02 bits per heavy atom. The van der Waals surface area contributed by atoms with Crippen molar-refractivity contribution in [1.29, 1.82) is 0 Å². The molecule has 1 fully saturated rings. The van der Waals surface area contributed by atoms with Crippen molar-refractivity contribution in [2.45, 2.75) is 38.5 Å². The van der Waals surface area contributed by atoms with Gasteiger partial charge in [0.05, 0.1) is 21.7 Å². The van der Waals surface area contributed by atoms with Crippen LogP contribution in [-0.2, 0) is 6.54 Å². The number of aryl methyl sites for hydroxylation is 1. The summed E-state index contributed by atoms with van der Waals surface area (Å²) in [6.07, 6.45) is 2.43. The third-order valence-corrected chi connectivity index (χ3v) is 8.49. The van der Waals surface area contributed by atoms with Crippen LogP contribution in [0, 0.1) is 12.7 Å². The van der Waals surface area contributed by atoms with Gasteiger partial charge in [-0.1, -0.05) is 11.6 Å². The van der Waals surface area contributed by atoms with E-state index in [2.05, 4.69) is 32.2 Å². The number of likely N-dealkylation sites (tertiary alicyclic amines) is 1. The summed E-state index contributed by atoms with van der Waals surface area (Å²) in [5, 5.41) is 13.9. The van der Waals surface area contributed by atoms with Crippen LogP contribution in [0.15, 0.2) is 41.3 Å². The van der Waals surface area contributed by atoms with Crippen molar-refractivity contribution < 1.29 is 19.0 Å². The number of carbonyl (C=O) groups excluding carboxylic acids is 1. The molecule has 0 spiro atoms. The number of aliphatic hydroxyl groups excluding tert-OH is 1. The molecular weight excluding hydrogens is 563 g/mol. The largest absolute Gasteiger partial charge is 0.489 e. The van der Waals surface area contributed by atoms with Gasteiger partial charge in [-0.3, -0.25) is 9.59 Å². The lowest BCUT2D eigenvalue weighted by Gasteiger charge is -2.34. The predicted molar refractivity (Wildman–Crippen MR) is 159 cm³/mol. The van der Waals surface area contributed by atoms with Gasteiger partial charge in [0.1, 0.15) is 35.7 Å². The lowest BCUT2D eigenvalue weighted by atomic mass is 10.0. The number of aromatic nitrogens is 3. The molecule has 4 N–H and O–H groups in total. The number of anilines is 1. The third kappa shape index (κ3) is 5.47. The fraction of sp³-hybridized carbons (Fsp3) is 0.367. The number of fused-ring (bicyclic) bond motifs is 2. The molecule has 1 atom stereocenters. The van der Waals surface area contributed by atoms with Crippen LogP contribution in [0.1, 0.15) is 34.3 Å². The fourth-order valence-electron chi connectivity index (χ4n) is 5.69. The number of pyridine rings is 1. The summed E-state index contributed by atoms with van der Waals surface area (Å²) >= 11 is 6.19. The highest BCUT2D eigenvalue weighted by molar-refractivity contribution is 6.32. The molecule has 1 amide bonds. The molecule has 0 saturated carbocycles. The summed E-state index contributed by atoms with van der Waals surface area (Å²) in [5.41, 5.74) is 3.79. The van der Waals surface area contributed by atoms with Crippen molar-refractivity contribution in [1.82, 2.24) is 24.8 Å². The summed E-state index contributed by atoms with van der Waals surface area (Å²) in [6.45, 7) is 4.07. The van der Waals surface area contributed by atoms with E-state index < -0.39 is 11.9 Å². The van der Waals surface area contributed by atoms with Crippen LogP contribution < -0.4 is 15.6 Å². The number of nitrogens with zero attached hydrogens (tertiary/aromatic N) is 3. The maximum Gasteiger partial charge on any atom is 0.261 e. The molecule has 12 heteroatoms. The molecule has 2 aliphatic heterocycles. The molecule has 2 aromatic heterocycles. The number of nitrogens with one attached hydrogen (secondary N) is 3. The number of benzene rings is 2. The van der Waals surface area contributed by atoms with Crippen LogP contribution >= 0.6 is 11.6 Å². The first-order valence-corrected chi connectivity index (χ1v) is 14.3. The van der Waals surface area contributed by atoms with Gasteiger partial charge >= 0.3 is 0 Å². The summed E-state index contributed by atoms with van der Waals surface area (Å²) in [7, 11) is 2.10. The van der Waals surface area contributed by atoms with Crippen molar-refractivity contribution >= 4 is 34.2 Å². The van der Waals surface area contributed by atoms with E-state index in [1.807, 2.05) is 11.0 Å². The average molecular weight is 595 g/mol. The Morgan fingerprint density at radius 1 is 1.24 bits per heavy atom. The van der Waals surface area contributed by atoms with Crippen LogP contribution in [0.2, 0.25) is 5.02 Å². The molecule has 1 saturated heterocycles. The number of piperidine rings is 1. The second-order valence-corrected chi connectivity index (χ2v) is 11.4. The quantitative estimate of drug-likeness (QED) is 0.244. The SMILES string of the molecule is Cc1cc(F)cc(OC[C@H](O)CNc2cc[nH]c(=O)c2-c2nc3cc4c(cc3[nH]2)CN(C2CCN(C)CC2)C4=O)c1Cl. The highest BCUT2D eigenvalue weighted by Crippen LogP contribution is 2.33. The van der Waals surface area contributed by atoms with Crippen molar-refractivity contribution in [2.75, 3.05) is 38.6 Å². The molecule has 2 aliphatic rings. The van der Waals surface area contributed by atoms with E-state index in [4.69, 9.17) is 16.3 Å². The highest BCUT2D eigenvalue weighted by Gasteiger charge is 2.34. The molecule has 4 aromatic rings. The number of imidazole rings is 1. The summed E-state index contributed by atoms with van der Waals surface area (Å²) in [6, 6.07) is 8.12. The Morgan fingerprint density at radius 3 is 2.81 bits per heavy atom. The number of carbonyl (C=O) groups is 1. The van der Waals surface area contributed by atoms with E-state index >= 15 is 0 Å². The standard InChI is InChI=1S/C30H32ClFN6O4/c1-16-9-18(32)11-25(27(16)31)42-15-20(39)13-34-22-3-6-33-29(40)26(22)28-35-23-10-17-14-38(19-4-7-37(2)8-5-19)30(41)21(17)12-24(23)36-28/h3,6,9-12,19-20,39H,4-5,7-8,13-15H2,1-2H3,(H,35,36)(H2,33,34,40)/t20-/m1/s1. The maximum absolute atomic E-state index is 13.7. The molecule has 2 aromatic carbocycles. The lowest BCUT2D eigenvalue weighted by Crippen LogP contribution is -2.43. The van der Waals surface area contributed by atoms with Crippen molar-refractivity contribution in [2.24, 2.45) is 0 Å². The minimum atomic E-state index is -0.992. The third-order valence-electron chi connectivity index (χ3n) is 8.01. The average Bonchev–Trinajstić information content (AvgIpc) is 3.52. The minimum absolute atomic E-state index is 0.0248. The Balaban J connectivity index is 1.18. The molecule has 4 heterocycles. The van der Waals surface area contributed by atoms with Gasteiger partial charge < -0.3 is 34.9 Å². The summed E-state index contributed by atoms with van der Waals surface area (Å²) < 4.78 is 19.3. The predicted octanol–water partition coefficient (Wildman–Crippen LogP) is 3.92. The maximum atomic E-state index is 13.7. The molecule has 0 bridgehead atoms. The lowest BCUT2D eigenvalue weighted by molar-refractivity contribution is 0.0617. The molecule has 0 radical (unpaired) electrons. The first-order valence-electron chi connectivity index (χ1n) is 13.9. The number of aromatic amines is 2. The van der Waals surface area contributed by atoms with Crippen molar-refractivity contribution in [3.63, 3.8) is 0 Å². The number of hydrogen-bond acceptors (Lipinski definition) is 7. The number of ether oxygens (including phenoxy) is 1. The van der Waals surface area contributed by atoms with Gasteiger partial charge in [-0.05, 0) is 75.3 Å². The number of aliphatic hydroxyl groups is 1. The Bertz CT molecular complexity index is 1710. The topological polar surface area (TPSA) is 127 Å². The van der Waals surface area contributed by atoms with Gasteiger partial charge in [0.2, 0.25) is 0 Å². The number of H-pyrrole nitrogens is 2. The zero-order valence-electron chi connectivity index (χ0n) is 23.3. The summed E-state index contributed by atoms with van der Waals surface area (Å²) in [4.78, 5) is 41.0. The van der Waals surface area contributed by atoms with Crippen LogP contribution in [0.3, 0.4) is 0 Å². The Labute approximate surface area is 246 Å². The molecule has 0 unspecified atom stereocenters. The molecule has 42 heavy (non-hydrogen) atoms. The molecule has 10 nitrogen and oxygen atoms in total. The van der Waals surface area contributed by atoms with E-state index in [1.54, 1.807) is 19.1 Å². The smallest absolute Gasteiger partial charge is 0.261 e. The van der Waals surface area contributed by atoms with Gasteiger partial charge in [-0.2, -0.15) is 0 Å². The first kappa shape index (κ1) is 28.2. The molecular formula is C30H32ClFN6O4.